The summed E-state index contributed by atoms with van der Waals surface area (Å²) in [5, 5.41) is 3.21. The van der Waals surface area contributed by atoms with Crippen molar-refractivity contribution >= 4 is 15.9 Å². The average molecular weight is 329 g/mol. The van der Waals surface area contributed by atoms with E-state index in [0.717, 1.165) is 5.69 Å². The number of ether oxygens (including phenoxy) is 1. The Labute approximate surface area is 119 Å². The van der Waals surface area contributed by atoms with Crippen molar-refractivity contribution in [3.63, 3.8) is 0 Å². The molecule has 2 rings (SSSR count). The minimum absolute atomic E-state index is 0.0897. The van der Waals surface area contributed by atoms with Crippen molar-refractivity contribution in [3.8, 4) is 11.8 Å². The molecule has 1 aromatic heterocycles. The summed E-state index contributed by atoms with van der Waals surface area (Å²) in [6.45, 7) is 4.68. The maximum atomic E-state index is 13.1. The lowest BCUT2D eigenvalue weighted by Crippen LogP contribution is -2.21. The average Bonchev–Trinajstić information content (AvgIpc) is 2.79. The molecule has 0 spiro atoms. The maximum Gasteiger partial charge on any atom is 0.399 e. The van der Waals surface area contributed by atoms with Crippen LogP contribution in [0, 0.1) is 5.82 Å². The normalized spacial score (nSPS) is 11.0. The van der Waals surface area contributed by atoms with Gasteiger partial charge in [-0.1, -0.05) is 13.8 Å². The van der Waals surface area contributed by atoms with Crippen LogP contribution in [0.1, 0.15) is 19.5 Å². The second kappa shape index (κ2) is 6.16. The van der Waals surface area contributed by atoms with Gasteiger partial charge in [0.1, 0.15) is 17.8 Å². The topological polar surface area (TPSA) is 47.3 Å². The van der Waals surface area contributed by atoms with E-state index in [-0.39, 0.29) is 11.9 Å². The summed E-state index contributed by atoms with van der Waals surface area (Å²) in [7, 11) is 0. The quantitative estimate of drug-likeness (QED) is 0.905. The summed E-state index contributed by atoms with van der Waals surface area (Å²) in [5.74, 6) is -0.0586. The van der Waals surface area contributed by atoms with Crippen molar-refractivity contribution in [2.75, 3.05) is 0 Å². The van der Waals surface area contributed by atoms with Crippen molar-refractivity contribution in [3.05, 3.63) is 40.4 Å². The number of nitrogens with one attached hydrogen (secondary N) is 1. The summed E-state index contributed by atoms with van der Waals surface area (Å²) in [6, 6.07) is 4.53. The van der Waals surface area contributed by atoms with Crippen LogP contribution in [0.5, 0.6) is 11.8 Å². The van der Waals surface area contributed by atoms with Crippen LogP contribution in [0.4, 0.5) is 4.39 Å². The van der Waals surface area contributed by atoms with Gasteiger partial charge in [0.15, 0.2) is 0 Å². The van der Waals surface area contributed by atoms with Gasteiger partial charge < -0.3 is 14.5 Å². The lowest BCUT2D eigenvalue weighted by molar-refractivity contribution is 0.328. The molecule has 0 saturated carbocycles. The Morgan fingerprint density at radius 1 is 1.47 bits per heavy atom. The van der Waals surface area contributed by atoms with Gasteiger partial charge in [0, 0.05) is 18.7 Å². The van der Waals surface area contributed by atoms with Gasteiger partial charge in [-0.05, 0) is 28.1 Å². The van der Waals surface area contributed by atoms with Crippen LogP contribution in [-0.4, -0.2) is 11.0 Å². The van der Waals surface area contributed by atoms with Gasteiger partial charge in [-0.2, -0.15) is 4.98 Å². The molecule has 102 valence electrons. The van der Waals surface area contributed by atoms with E-state index in [1.165, 1.54) is 18.4 Å². The molecule has 19 heavy (non-hydrogen) atoms. The first-order valence-corrected chi connectivity index (χ1v) is 6.64. The summed E-state index contributed by atoms with van der Waals surface area (Å²) >= 11 is 3.27. The third kappa shape index (κ3) is 4.04. The molecule has 1 N–H and O–H groups in total. The van der Waals surface area contributed by atoms with Crippen LogP contribution in [0.15, 0.2) is 33.4 Å². The lowest BCUT2D eigenvalue weighted by atomic mass is 10.3. The third-order valence-corrected chi connectivity index (χ3v) is 2.97. The van der Waals surface area contributed by atoms with E-state index in [1.807, 2.05) is 13.8 Å². The van der Waals surface area contributed by atoms with Gasteiger partial charge in [-0.25, -0.2) is 4.39 Å². The number of halogens is 2. The second-order valence-electron chi connectivity index (χ2n) is 4.32. The Hall–Kier alpha value is -1.40. The molecule has 2 aromatic rings. The van der Waals surface area contributed by atoms with Crippen LogP contribution in [-0.2, 0) is 6.54 Å². The highest BCUT2D eigenvalue weighted by Crippen LogP contribution is 2.29. The maximum absolute atomic E-state index is 13.1. The number of rotatable bonds is 5. The Balaban J connectivity index is 2.05. The summed E-state index contributed by atoms with van der Waals surface area (Å²) in [5.41, 5.74) is 0.733. The number of nitrogens with zero attached hydrogens (tertiary/aromatic N) is 1. The predicted octanol–water partition coefficient (Wildman–Crippen LogP) is 3.87. The van der Waals surface area contributed by atoms with E-state index < -0.39 is 0 Å². The van der Waals surface area contributed by atoms with Crippen LogP contribution in [0.2, 0.25) is 0 Å². The predicted molar refractivity (Wildman–Crippen MR) is 72.7 cm³/mol. The second-order valence-corrected chi connectivity index (χ2v) is 5.17. The first kappa shape index (κ1) is 14.0. The van der Waals surface area contributed by atoms with Crippen molar-refractivity contribution in [2.45, 2.75) is 26.4 Å². The molecule has 1 heterocycles. The Bertz CT molecular complexity index is 557. The molecular formula is C13H14BrFN2O2. The molecule has 0 radical (unpaired) electrons. The first-order valence-electron chi connectivity index (χ1n) is 5.85. The molecule has 0 atom stereocenters. The van der Waals surface area contributed by atoms with Crippen molar-refractivity contribution in [1.29, 1.82) is 0 Å². The highest BCUT2D eigenvalue weighted by atomic mass is 79.9. The van der Waals surface area contributed by atoms with Gasteiger partial charge in [0.05, 0.1) is 10.2 Å². The first-order chi connectivity index (χ1) is 9.04. The highest BCUT2D eigenvalue weighted by Gasteiger charge is 2.10. The fourth-order valence-corrected chi connectivity index (χ4v) is 1.70. The van der Waals surface area contributed by atoms with E-state index in [9.17, 15) is 4.39 Å². The zero-order valence-electron chi connectivity index (χ0n) is 10.6. The van der Waals surface area contributed by atoms with Gasteiger partial charge in [-0.15, -0.1) is 0 Å². The monoisotopic (exact) mass is 328 g/mol. The Morgan fingerprint density at radius 3 is 3.00 bits per heavy atom. The van der Waals surface area contributed by atoms with Gasteiger partial charge in [-0.3, -0.25) is 0 Å². The van der Waals surface area contributed by atoms with Crippen LogP contribution >= 0.6 is 15.9 Å². The Morgan fingerprint density at radius 2 is 2.26 bits per heavy atom. The number of aromatic nitrogens is 1. The minimum Gasteiger partial charge on any atom is -0.417 e. The number of hydrogen-bond acceptors (Lipinski definition) is 4. The molecular weight excluding hydrogens is 315 g/mol. The molecule has 0 unspecified atom stereocenters. The number of benzene rings is 1. The van der Waals surface area contributed by atoms with Gasteiger partial charge >= 0.3 is 6.08 Å². The molecule has 4 nitrogen and oxygen atoms in total. The molecule has 0 aliphatic rings. The van der Waals surface area contributed by atoms with Gasteiger partial charge in [0.25, 0.3) is 0 Å². The van der Waals surface area contributed by atoms with Crippen LogP contribution in [0.25, 0.3) is 0 Å². The van der Waals surface area contributed by atoms with E-state index in [2.05, 4.69) is 26.2 Å². The zero-order chi connectivity index (χ0) is 13.8. The van der Waals surface area contributed by atoms with E-state index in [4.69, 9.17) is 9.15 Å². The summed E-state index contributed by atoms with van der Waals surface area (Å²) in [6.07, 6.45) is 1.60. The largest absolute Gasteiger partial charge is 0.417 e. The highest BCUT2D eigenvalue weighted by molar-refractivity contribution is 9.10. The fourth-order valence-electron chi connectivity index (χ4n) is 1.37. The molecule has 0 aliphatic carbocycles. The number of hydrogen-bond donors (Lipinski definition) is 1. The standard InChI is InChI=1S/C13H14BrFN2O2/c1-8(2)16-6-10-7-18-13(17-10)19-12-5-9(15)3-4-11(12)14/h3-5,7-8,16H,6H2,1-2H3. The Kier molecular flexibility index (Phi) is 4.55. The van der Waals surface area contributed by atoms with E-state index >= 15 is 0 Å². The van der Waals surface area contributed by atoms with E-state index in [0.29, 0.717) is 22.8 Å². The van der Waals surface area contributed by atoms with Crippen molar-refractivity contribution < 1.29 is 13.5 Å². The van der Waals surface area contributed by atoms with Crippen LogP contribution in [0.3, 0.4) is 0 Å². The summed E-state index contributed by atoms with van der Waals surface area (Å²) < 4.78 is 24.3. The lowest BCUT2D eigenvalue weighted by Gasteiger charge is -2.04. The van der Waals surface area contributed by atoms with Crippen molar-refractivity contribution in [2.24, 2.45) is 0 Å². The number of oxazole rings is 1. The molecule has 0 amide bonds. The SMILES string of the molecule is CC(C)NCc1coc(Oc2cc(F)ccc2Br)n1. The summed E-state index contributed by atoms with van der Waals surface area (Å²) in [4.78, 5) is 4.15. The van der Waals surface area contributed by atoms with Gasteiger partial charge in [0.2, 0.25) is 0 Å². The zero-order valence-corrected chi connectivity index (χ0v) is 12.2. The smallest absolute Gasteiger partial charge is 0.399 e. The molecule has 6 heteroatoms. The van der Waals surface area contributed by atoms with Crippen LogP contribution < -0.4 is 10.1 Å². The third-order valence-electron chi connectivity index (χ3n) is 2.31. The van der Waals surface area contributed by atoms with Crippen molar-refractivity contribution in [1.82, 2.24) is 10.3 Å². The fraction of sp³-hybridized carbons (Fsp3) is 0.308. The van der Waals surface area contributed by atoms with E-state index in [1.54, 1.807) is 6.07 Å². The minimum atomic E-state index is -0.383. The molecule has 0 aliphatic heterocycles. The molecule has 0 bridgehead atoms. The molecule has 0 fully saturated rings. The molecule has 1 aromatic carbocycles. The molecule has 0 saturated heterocycles.